The molecule has 0 aliphatic carbocycles. The second kappa shape index (κ2) is 10.7. The zero-order valence-corrected chi connectivity index (χ0v) is 15.7. The number of primary amides is 1. The molecule has 1 aliphatic rings. The molecule has 0 spiro atoms. The van der Waals surface area contributed by atoms with Crippen LogP contribution < -0.4 is 15.8 Å². The van der Waals surface area contributed by atoms with E-state index in [1.807, 2.05) is 24.3 Å². The van der Waals surface area contributed by atoms with E-state index in [4.69, 9.17) is 15.2 Å². The van der Waals surface area contributed by atoms with Crippen LogP contribution >= 0.6 is 0 Å². The SMILES string of the molecule is CN=C(NCc1ccc(OCCOC)cc1)N1CCCC(CC(N)=O)C1. The second-order valence-electron chi connectivity index (χ2n) is 6.51. The van der Waals surface area contributed by atoms with Crippen LogP contribution in [0, 0.1) is 5.92 Å². The maximum atomic E-state index is 11.2. The number of carbonyl (C=O) groups is 1. The van der Waals surface area contributed by atoms with Gasteiger partial charge >= 0.3 is 0 Å². The van der Waals surface area contributed by atoms with Gasteiger partial charge in [0.2, 0.25) is 5.91 Å². The average Bonchev–Trinajstić information content (AvgIpc) is 2.63. The maximum absolute atomic E-state index is 11.2. The number of rotatable bonds is 8. The maximum Gasteiger partial charge on any atom is 0.217 e. The number of likely N-dealkylation sites (tertiary alicyclic amines) is 1. The molecule has 1 aliphatic heterocycles. The van der Waals surface area contributed by atoms with E-state index >= 15 is 0 Å². The van der Waals surface area contributed by atoms with Crippen molar-refractivity contribution in [3.8, 4) is 5.75 Å². The molecule has 7 nitrogen and oxygen atoms in total. The standard InChI is InChI=1S/C19H30N4O3/c1-21-19(23-9-3-4-16(14-23)12-18(20)24)22-13-15-5-7-17(8-6-15)26-11-10-25-2/h5-8,16H,3-4,9-14H2,1-2H3,(H2,20,24)(H,21,22). The lowest BCUT2D eigenvalue weighted by atomic mass is 9.95. The number of benzene rings is 1. The smallest absolute Gasteiger partial charge is 0.217 e. The predicted octanol–water partition coefficient (Wildman–Crippen LogP) is 1.37. The lowest BCUT2D eigenvalue weighted by Crippen LogP contribution is -2.46. The van der Waals surface area contributed by atoms with Crippen molar-refractivity contribution in [3.05, 3.63) is 29.8 Å². The Labute approximate surface area is 155 Å². The molecule has 7 heteroatoms. The summed E-state index contributed by atoms with van der Waals surface area (Å²) >= 11 is 0. The zero-order chi connectivity index (χ0) is 18.8. The molecule has 1 aromatic carbocycles. The molecule has 0 bridgehead atoms. The van der Waals surface area contributed by atoms with Crippen molar-refractivity contribution in [2.24, 2.45) is 16.6 Å². The minimum absolute atomic E-state index is 0.229. The van der Waals surface area contributed by atoms with Crippen molar-refractivity contribution in [2.45, 2.75) is 25.8 Å². The summed E-state index contributed by atoms with van der Waals surface area (Å²) in [6, 6.07) is 7.99. The van der Waals surface area contributed by atoms with Gasteiger partial charge in [-0.25, -0.2) is 0 Å². The topological polar surface area (TPSA) is 89.2 Å². The summed E-state index contributed by atoms with van der Waals surface area (Å²) in [4.78, 5) is 17.8. The number of nitrogens with two attached hydrogens (primary N) is 1. The fourth-order valence-corrected chi connectivity index (χ4v) is 3.17. The largest absolute Gasteiger partial charge is 0.491 e. The summed E-state index contributed by atoms with van der Waals surface area (Å²) < 4.78 is 10.5. The van der Waals surface area contributed by atoms with Gasteiger partial charge in [0.15, 0.2) is 5.96 Å². The van der Waals surface area contributed by atoms with Crippen LogP contribution in [0.4, 0.5) is 0 Å². The van der Waals surface area contributed by atoms with Gasteiger partial charge in [-0.15, -0.1) is 0 Å². The monoisotopic (exact) mass is 362 g/mol. The molecule has 3 N–H and O–H groups in total. The van der Waals surface area contributed by atoms with Crippen LogP contribution in [0.15, 0.2) is 29.3 Å². The number of ether oxygens (including phenoxy) is 2. The van der Waals surface area contributed by atoms with Crippen LogP contribution in [0.1, 0.15) is 24.8 Å². The number of nitrogens with zero attached hydrogens (tertiary/aromatic N) is 2. The third-order valence-corrected chi connectivity index (χ3v) is 4.45. The molecule has 26 heavy (non-hydrogen) atoms. The first kappa shape index (κ1) is 20.0. The first-order valence-electron chi connectivity index (χ1n) is 9.07. The predicted molar refractivity (Wildman–Crippen MR) is 102 cm³/mol. The Morgan fingerprint density at radius 3 is 2.77 bits per heavy atom. The van der Waals surface area contributed by atoms with E-state index < -0.39 is 0 Å². The van der Waals surface area contributed by atoms with Crippen LogP contribution in [0.5, 0.6) is 5.75 Å². The molecule has 1 fully saturated rings. The minimum atomic E-state index is -0.229. The van der Waals surface area contributed by atoms with Gasteiger partial charge in [0.25, 0.3) is 0 Å². The summed E-state index contributed by atoms with van der Waals surface area (Å²) in [5.41, 5.74) is 6.49. The molecule has 0 aromatic heterocycles. The van der Waals surface area contributed by atoms with Gasteiger partial charge < -0.3 is 25.4 Å². The van der Waals surface area contributed by atoms with Gasteiger partial charge in [0.1, 0.15) is 12.4 Å². The van der Waals surface area contributed by atoms with Crippen molar-refractivity contribution in [1.82, 2.24) is 10.2 Å². The third kappa shape index (κ3) is 6.55. The fourth-order valence-electron chi connectivity index (χ4n) is 3.17. The first-order chi connectivity index (χ1) is 12.6. The molecule has 1 amide bonds. The Kier molecular flexibility index (Phi) is 8.21. The molecule has 0 saturated carbocycles. The molecule has 144 valence electrons. The van der Waals surface area contributed by atoms with Crippen LogP contribution in [0.25, 0.3) is 0 Å². The van der Waals surface area contributed by atoms with E-state index in [0.717, 1.165) is 43.2 Å². The number of hydrogen-bond acceptors (Lipinski definition) is 4. The summed E-state index contributed by atoms with van der Waals surface area (Å²) in [6.07, 6.45) is 2.53. The molecule has 0 radical (unpaired) electrons. The highest BCUT2D eigenvalue weighted by atomic mass is 16.5. The molecule has 1 unspecified atom stereocenters. The van der Waals surface area contributed by atoms with Crippen LogP contribution in [0.2, 0.25) is 0 Å². The van der Waals surface area contributed by atoms with Gasteiger partial charge in [0, 0.05) is 40.2 Å². The minimum Gasteiger partial charge on any atom is -0.491 e. The van der Waals surface area contributed by atoms with Gasteiger partial charge in [-0.05, 0) is 36.5 Å². The van der Waals surface area contributed by atoms with Crippen molar-refractivity contribution in [3.63, 3.8) is 0 Å². The first-order valence-corrected chi connectivity index (χ1v) is 9.07. The van der Waals surface area contributed by atoms with Gasteiger partial charge in [-0.1, -0.05) is 12.1 Å². The Morgan fingerprint density at radius 1 is 1.35 bits per heavy atom. The van der Waals surface area contributed by atoms with Crippen molar-refractivity contribution >= 4 is 11.9 Å². The van der Waals surface area contributed by atoms with Crippen LogP contribution in [-0.4, -0.2) is 57.2 Å². The number of aliphatic imine (C=N–C) groups is 1. The normalized spacial score (nSPS) is 17.8. The van der Waals surface area contributed by atoms with Crippen molar-refractivity contribution in [1.29, 1.82) is 0 Å². The van der Waals surface area contributed by atoms with E-state index in [-0.39, 0.29) is 5.91 Å². The lowest BCUT2D eigenvalue weighted by molar-refractivity contribution is -0.119. The van der Waals surface area contributed by atoms with Crippen LogP contribution in [0.3, 0.4) is 0 Å². The molecular formula is C19H30N4O3. The molecule has 1 atom stereocenters. The molecular weight excluding hydrogens is 332 g/mol. The Hall–Kier alpha value is -2.28. The van der Waals surface area contributed by atoms with E-state index in [1.165, 1.54) is 0 Å². The van der Waals surface area contributed by atoms with Gasteiger partial charge in [-0.3, -0.25) is 9.79 Å². The lowest BCUT2D eigenvalue weighted by Gasteiger charge is -2.34. The van der Waals surface area contributed by atoms with Crippen LogP contribution in [-0.2, 0) is 16.1 Å². The summed E-state index contributed by atoms with van der Waals surface area (Å²) in [5.74, 6) is 1.77. The number of nitrogens with one attached hydrogen (secondary N) is 1. The highest BCUT2D eigenvalue weighted by Crippen LogP contribution is 2.19. The number of hydrogen-bond donors (Lipinski definition) is 2. The fraction of sp³-hybridized carbons (Fsp3) is 0.579. The Morgan fingerprint density at radius 2 is 2.12 bits per heavy atom. The molecule has 2 rings (SSSR count). The highest BCUT2D eigenvalue weighted by molar-refractivity contribution is 5.80. The van der Waals surface area contributed by atoms with Crippen molar-refractivity contribution < 1.29 is 14.3 Å². The summed E-state index contributed by atoms with van der Waals surface area (Å²) in [7, 11) is 3.44. The third-order valence-electron chi connectivity index (χ3n) is 4.45. The average molecular weight is 362 g/mol. The summed E-state index contributed by atoms with van der Waals surface area (Å²) in [5, 5.41) is 3.40. The van der Waals surface area contributed by atoms with E-state index in [1.54, 1.807) is 14.2 Å². The Balaban J connectivity index is 1.83. The van der Waals surface area contributed by atoms with Crippen molar-refractivity contribution in [2.75, 3.05) is 40.5 Å². The Bertz CT molecular complexity index is 589. The highest BCUT2D eigenvalue weighted by Gasteiger charge is 2.23. The number of carbonyl (C=O) groups excluding carboxylic acids is 1. The van der Waals surface area contributed by atoms with E-state index in [2.05, 4.69) is 15.2 Å². The number of piperidine rings is 1. The second-order valence-corrected chi connectivity index (χ2v) is 6.51. The van der Waals surface area contributed by atoms with E-state index in [9.17, 15) is 4.79 Å². The quantitative estimate of drug-likeness (QED) is 0.414. The summed E-state index contributed by atoms with van der Waals surface area (Å²) in [6.45, 7) is 3.56. The van der Waals surface area contributed by atoms with E-state index in [0.29, 0.717) is 32.1 Å². The number of methoxy groups -OCH3 is 1. The van der Waals surface area contributed by atoms with Gasteiger partial charge in [0.05, 0.1) is 6.61 Å². The molecule has 1 aromatic rings. The molecule has 1 saturated heterocycles. The zero-order valence-electron chi connectivity index (χ0n) is 15.7. The number of guanidine groups is 1. The number of amides is 1. The molecule has 1 heterocycles. The van der Waals surface area contributed by atoms with Gasteiger partial charge in [-0.2, -0.15) is 0 Å².